The highest BCUT2D eigenvalue weighted by molar-refractivity contribution is 4.86. The van der Waals surface area contributed by atoms with Crippen LogP contribution >= 0.6 is 0 Å². The van der Waals surface area contributed by atoms with E-state index in [1.807, 2.05) is 7.05 Å². The van der Waals surface area contributed by atoms with Crippen LogP contribution in [0.3, 0.4) is 0 Å². The zero-order chi connectivity index (χ0) is 10.7. The first kappa shape index (κ1) is 11.4. The quantitative estimate of drug-likeness (QED) is 0.772. The van der Waals surface area contributed by atoms with Crippen molar-refractivity contribution in [3.05, 3.63) is 0 Å². The Balaban J connectivity index is 1.92. The van der Waals surface area contributed by atoms with Crippen molar-refractivity contribution in [2.75, 3.05) is 20.2 Å². The summed E-state index contributed by atoms with van der Waals surface area (Å²) in [5.74, 6) is 0.638. The summed E-state index contributed by atoms with van der Waals surface area (Å²) in [6.45, 7) is 4.13. The molecule has 2 fully saturated rings. The van der Waals surface area contributed by atoms with E-state index in [1.54, 1.807) is 0 Å². The highest BCUT2D eigenvalue weighted by Gasteiger charge is 2.36. The molecule has 2 aliphatic heterocycles. The lowest BCUT2D eigenvalue weighted by Crippen LogP contribution is -2.43. The SMILES string of the molecule is CNCC1CCCOC1C1CCC(C)O1. The molecule has 3 heteroatoms. The van der Waals surface area contributed by atoms with E-state index < -0.39 is 0 Å². The Morgan fingerprint density at radius 1 is 1.27 bits per heavy atom. The second kappa shape index (κ2) is 5.28. The van der Waals surface area contributed by atoms with Gasteiger partial charge < -0.3 is 14.8 Å². The average molecular weight is 213 g/mol. The van der Waals surface area contributed by atoms with Crippen LogP contribution in [-0.2, 0) is 9.47 Å². The summed E-state index contributed by atoms with van der Waals surface area (Å²) >= 11 is 0. The molecule has 0 aromatic heterocycles. The van der Waals surface area contributed by atoms with Gasteiger partial charge in [-0.1, -0.05) is 0 Å². The Labute approximate surface area is 92.5 Å². The largest absolute Gasteiger partial charge is 0.375 e. The predicted octanol–water partition coefficient (Wildman–Crippen LogP) is 1.57. The van der Waals surface area contributed by atoms with Crippen molar-refractivity contribution in [2.24, 2.45) is 5.92 Å². The maximum atomic E-state index is 5.92. The average Bonchev–Trinajstić information content (AvgIpc) is 2.66. The van der Waals surface area contributed by atoms with E-state index in [0.717, 1.165) is 13.2 Å². The second-order valence-electron chi connectivity index (χ2n) is 4.86. The number of nitrogens with one attached hydrogen (secondary N) is 1. The van der Waals surface area contributed by atoms with Gasteiger partial charge in [0, 0.05) is 19.1 Å². The molecule has 0 aliphatic carbocycles. The highest BCUT2D eigenvalue weighted by Crippen LogP contribution is 2.31. The van der Waals surface area contributed by atoms with Gasteiger partial charge in [-0.15, -0.1) is 0 Å². The lowest BCUT2D eigenvalue weighted by atomic mass is 9.89. The van der Waals surface area contributed by atoms with Crippen molar-refractivity contribution in [3.63, 3.8) is 0 Å². The number of hydrogen-bond acceptors (Lipinski definition) is 3. The zero-order valence-corrected chi connectivity index (χ0v) is 9.87. The lowest BCUT2D eigenvalue weighted by Gasteiger charge is -2.35. The fourth-order valence-electron chi connectivity index (χ4n) is 2.83. The fourth-order valence-corrected chi connectivity index (χ4v) is 2.83. The van der Waals surface area contributed by atoms with Gasteiger partial charge in [-0.3, -0.25) is 0 Å². The van der Waals surface area contributed by atoms with Gasteiger partial charge in [0.15, 0.2) is 0 Å². The molecule has 4 atom stereocenters. The lowest BCUT2D eigenvalue weighted by molar-refractivity contribution is -0.111. The zero-order valence-electron chi connectivity index (χ0n) is 9.87. The van der Waals surface area contributed by atoms with E-state index in [9.17, 15) is 0 Å². The molecule has 1 N–H and O–H groups in total. The monoisotopic (exact) mass is 213 g/mol. The Kier molecular flexibility index (Phi) is 4.00. The molecule has 0 amide bonds. The van der Waals surface area contributed by atoms with Crippen LogP contribution in [0.25, 0.3) is 0 Å². The summed E-state index contributed by atoms with van der Waals surface area (Å²) in [4.78, 5) is 0. The number of rotatable bonds is 3. The number of ether oxygens (including phenoxy) is 2. The standard InChI is InChI=1S/C12H23NO2/c1-9-5-6-11(15-9)12-10(8-13-2)4-3-7-14-12/h9-13H,3-8H2,1-2H3. The molecule has 2 aliphatic rings. The molecule has 2 heterocycles. The molecular weight excluding hydrogens is 190 g/mol. The van der Waals surface area contributed by atoms with Crippen molar-refractivity contribution >= 4 is 0 Å². The summed E-state index contributed by atoms with van der Waals surface area (Å²) < 4.78 is 11.8. The van der Waals surface area contributed by atoms with Gasteiger partial charge in [0.2, 0.25) is 0 Å². The van der Waals surface area contributed by atoms with Crippen LogP contribution in [-0.4, -0.2) is 38.5 Å². The molecule has 0 aromatic carbocycles. The minimum atomic E-state index is 0.330. The molecule has 0 saturated carbocycles. The van der Waals surface area contributed by atoms with Crippen LogP contribution in [0.4, 0.5) is 0 Å². The van der Waals surface area contributed by atoms with Gasteiger partial charge in [-0.2, -0.15) is 0 Å². The molecule has 0 spiro atoms. The van der Waals surface area contributed by atoms with Crippen molar-refractivity contribution in [1.29, 1.82) is 0 Å². The Morgan fingerprint density at radius 3 is 2.80 bits per heavy atom. The summed E-state index contributed by atoms with van der Waals surface area (Å²) in [7, 11) is 2.02. The van der Waals surface area contributed by atoms with E-state index in [2.05, 4.69) is 12.2 Å². The minimum Gasteiger partial charge on any atom is -0.375 e. The molecule has 0 aromatic rings. The third-order valence-electron chi connectivity index (χ3n) is 3.59. The Morgan fingerprint density at radius 2 is 2.13 bits per heavy atom. The second-order valence-corrected chi connectivity index (χ2v) is 4.86. The van der Waals surface area contributed by atoms with Gasteiger partial charge >= 0.3 is 0 Å². The smallest absolute Gasteiger partial charge is 0.0876 e. The molecule has 2 saturated heterocycles. The third-order valence-corrected chi connectivity index (χ3v) is 3.59. The maximum absolute atomic E-state index is 5.92. The first-order valence-electron chi connectivity index (χ1n) is 6.23. The molecule has 4 unspecified atom stereocenters. The normalized spacial score (nSPS) is 42.0. The minimum absolute atomic E-state index is 0.330. The maximum Gasteiger partial charge on any atom is 0.0876 e. The van der Waals surface area contributed by atoms with E-state index in [0.29, 0.717) is 24.2 Å². The fraction of sp³-hybridized carbons (Fsp3) is 1.00. The van der Waals surface area contributed by atoms with Gasteiger partial charge in [-0.05, 0) is 39.7 Å². The van der Waals surface area contributed by atoms with Gasteiger partial charge in [0.1, 0.15) is 0 Å². The number of hydrogen-bond donors (Lipinski definition) is 1. The van der Waals surface area contributed by atoms with Crippen LogP contribution in [0.15, 0.2) is 0 Å². The van der Waals surface area contributed by atoms with Crippen molar-refractivity contribution in [2.45, 2.75) is 50.9 Å². The van der Waals surface area contributed by atoms with Crippen molar-refractivity contribution in [3.8, 4) is 0 Å². The van der Waals surface area contributed by atoms with Gasteiger partial charge in [0.05, 0.1) is 18.3 Å². The first-order valence-corrected chi connectivity index (χ1v) is 6.23. The molecule has 0 bridgehead atoms. The van der Waals surface area contributed by atoms with Crippen LogP contribution in [0.1, 0.15) is 32.6 Å². The highest BCUT2D eigenvalue weighted by atomic mass is 16.5. The van der Waals surface area contributed by atoms with Crippen LogP contribution in [0.2, 0.25) is 0 Å². The predicted molar refractivity (Wildman–Crippen MR) is 60.0 cm³/mol. The Hall–Kier alpha value is -0.120. The third kappa shape index (κ3) is 2.71. The van der Waals surface area contributed by atoms with Crippen molar-refractivity contribution in [1.82, 2.24) is 5.32 Å². The Bertz CT molecular complexity index is 191. The van der Waals surface area contributed by atoms with Crippen LogP contribution < -0.4 is 5.32 Å². The van der Waals surface area contributed by atoms with Crippen LogP contribution in [0.5, 0.6) is 0 Å². The topological polar surface area (TPSA) is 30.5 Å². The van der Waals surface area contributed by atoms with Crippen LogP contribution in [0, 0.1) is 5.92 Å². The van der Waals surface area contributed by atoms with E-state index >= 15 is 0 Å². The van der Waals surface area contributed by atoms with Gasteiger partial charge in [-0.25, -0.2) is 0 Å². The molecule has 2 rings (SSSR count). The summed E-state index contributed by atoms with van der Waals surface area (Å²) in [6.07, 6.45) is 5.94. The molecule has 15 heavy (non-hydrogen) atoms. The van der Waals surface area contributed by atoms with E-state index in [-0.39, 0.29) is 0 Å². The summed E-state index contributed by atoms with van der Waals surface area (Å²) in [6, 6.07) is 0. The summed E-state index contributed by atoms with van der Waals surface area (Å²) in [5.41, 5.74) is 0. The first-order chi connectivity index (χ1) is 7.31. The summed E-state index contributed by atoms with van der Waals surface area (Å²) in [5, 5.41) is 3.27. The van der Waals surface area contributed by atoms with E-state index in [1.165, 1.54) is 25.7 Å². The van der Waals surface area contributed by atoms with Crippen molar-refractivity contribution < 1.29 is 9.47 Å². The van der Waals surface area contributed by atoms with E-state index in [4.69, 9.17) is 9.47 Å². The van der Waals surface area contributed by atoms with Gasteiger partial charge in [0.25, 0.3) is 0 Å². The molecule has 0 radical (unpaired) electrons. The molecular formula is C12H23NO2. The molecule has 3 nitrogen and oxygen atoms in total. The molecule has 88 valence electrons.